The molecule has 0 unspecified atom stereocenters. The van der Waals surface area contributed by atoms with Gasteiger partial charge < -0.3 is 20.7 Å². The van der Waals surface area contributed by atoms with Gasteiger partial charge in [-0.15, -0.1) is 0 Å². The number of nitrogens with one attached hydrogen (secondary N) is 1. The molecule has 0 aliphatic carbocycles. The minimum absolute atomic E-state index is 0.0246. The minimum atomic E-state index is -0.0246. The second kappa shape index (κ2) is 8.52. The fourth-order valence-corrected chi connectivity index (χ4v) is 1.87. The van der Waals surface area contributed by atoms with Crippen LogP contribution < -0.4 is 11.1 Å². The van der Waals surface area contributed by atoms with Gasteiger partial charge in [0.25, 0.3) is 5.91 Å². The molecule has 0 fully saturated rings. The first-order valence-corrected chi connectivity index (χ1v) is 7.38. The molecule has 0 spiro atoms. The summed E-state index contributed by atoms with van der Waals surface area (Å²) in [6, 6.07) is 5.32. The van der Waals surface area contributed by atoms with Crippen molar-refractivity contribution in [2.75, 3.05) is 38.3 Å². The third kappa shape index (κ3) is 6.04. The van der Waals surface area contributed by atoms with Crippen molar-refractivity contribution >= 4 is 17.3 Å². The number of nitrogens with zero attached hydrogens (tertiary/aromatic N) is 1. The fourth-order valence-electron chi connectivity index (χ4n) is 1.87. The predicted molar refractivity (Wildman–Crippen MR) is 87.7 cm³/mol. The van der Waals surface area contributed by atoms with Gasteiger partial charge in [0, 0.05) is 32.8 Å². The summed E-state index contributed by atoms with van der Waals surface area (Å²) in [4.78, 5) is 13.5. The zero-order chi connectivity index (χ0) is 15.8. The van der Waals surface area contributed by atoms with Gasteiger partial charge in [-0.1, -0.05) is 0 Å². The number of hydrogen-bond donors (Lipinski definition) is 2. The van der Waals surface area contributed by atoms with Crippen molar-refractivity contribution in [1.29, 1.82) is 0 Å². The number of carbonyl (C=O) groups is 1. The van der Waals surface area contributed by atoms with Crippen molar-refractivity contribution in [2.45, 2.75) is 32.8 Å². The second-order valence-corrected chi connectivity index (χ2v) is 5.56. The highest BCUT2D eigenvalue weighted by molar-refractivity contribution is 5.95. The quantitative estimate of drug-likeness (QED) is 0.571. The van der Waals surface area contributed by atoms with E-state index in [0.717, 1.165) is 31.7 Å². The molecule has 0 saturated carbocycles. The maximum atomic E-state index is 11.9. The third-order valence-electron chi connectivity index (χ3n) is 3.04. The van der Waals surface area contributed by atoms with Crippen LogP contribution in [0.2, 0.25) is 0 Å². The molecule has 0 saturated heterocycles. The first-order valence-electron chi connectivity index (χ1n) is 7.38. The molecule has 0 heterocycles. The molecule has 0 bridgehead atoms. The summed E-state index contributed by atoms with van der Waals surface area (Å²) in [7, 11) is 3.47. The molecule has 1 aromatic rings. The Hall–Kier alpha value is -1.75. The lowest BCUT2D eigenvalue weighted by Gasteiger charge is -2.14. The van der Waals surface area contributed by atoms with E-state index in [1.165, 1.54) is 0 Å². The summed E-state index contributed by atoms with van der Waals surface area (Å²) in [6.07, 6.45) is 2.28. The van der Waals surface area contributed by atoms with E-state index in [1.807, 2.05) is 19.9 Å². The maximum absolute atomic E-state index is 11.9. The molecule has 21 heavy (non-hydrogen) atoms. The molecule has 3 N–H and O–H groups in total. The van der Waals surface area contributed by atoms with Gasteiger partial charge in [-0.3, -0.25) is 4.79 Å². The Morgan fingerprint density at radius 2 is 2.05 bits per heavy atom. The maximum Gasteiger partial charge on any atom is 0.253 e. The lowest BCUT2D eigenvalue weighted by molar-refractivity contribution is 0.0765. The Kier molecular flexibility index (Phi) is 7.02. The lowest BCUT2D eigenvalue weighted by atomic mass is 10.1. The number of hydrogen-bond acceptors (Lipinski definition) is 4. The molecular weight excluding hydrogens is 266 g/mol. The molecule has 0 radical (unpaired) electrons. The van der Waals surface area contributed by atoms with Crippen LogP contribution in [-0.2, 0) is 4.74 Å². The van der Waals surface area contributed by atoms with E-state index in [2.05, 4.69) is 5.32 Å². The van der Waals surface area contributed by atoms with Crippen LogP contribution in [0.5, 0.6) is 0 Å². The van der Waals surface area contributed by atoms with Gasteiger partial charge in [0.15, 0.2) is 0 Å². The van der Waals surface area contributed by atoms with Gasteiger partial charge in [0.1, 0.15) is 0 Å². The molecule has 0 aliphatic heterocycles. The summed E-state index contributed by atoms with van der Waals surface area (Å²) < 4.78 is 5.49. The second-order valence-electron chi connectivity index (χ2n) is 5.56. The summed E-state index contributed by atoms with van der Waals surface area (Å²) >= 11 is 0. The Morgan fingerprint density at radius 3 is 2.67 bits per heavy atom. The Labute approximate surface area is 127 Å². The number of anilines is 2. The number of nitrogens with two attached hydrogens (primary N) is 1. The third-order valence-corrected chi connectivity index (χ3v) is 3.04. The molecular formula is C16H27N3O2. The zero-order valence-electron chi connectivity index (χ0n) is 13.5. The van der Waals surface area contributed by atoms with E-state index >= 15 is 0 Å². The molecule has 0 aromatic heterocycles. The lowest BCUT2D eigenvalue weighted by Crippen LogP contribution is -2.21. The molecule has 0 atom stereocenters. The molecule has 5 heteroatoms. The van der Waals surface area contributed by atoms with E-state index in [1.54, 1.807) is 31.1 Å². The molecule has 1 rings (SSSR count). The highest BCUT2D eigenvalue weighted by Crippen LogP contribution is 2.20. The highest BCUT2D eigenvalue weighted by atomic mass is 16.5. The van der Waals surface area contributed by atoms with E-state index in [9.17, 15) is 4.79 Å². The van der Waals surface area contributed by atoms with Crippen molar-refractivity contribution < 1.29 is 9.53 Å². The summed E-state index contributed by atoms with van der Waals surface area (Å²) in [5, 5.41) is 3.28. The summed E-state index contributed by atoms with van der Waals surface area (Å²) in [5.74, 6) is -0.0246. The van der Waals surface area contributed by atoms with Crippen LogP contribution in [0.3, 0.4) is 0 Å². The number of carbonyl (C=O) groups excluding carboxylic acids is 1. The number of benzene rings is 1. The topological polar surface area (TPSA) is 67.6 Å². The van der Waals surface area contributed by atoms with Crippen LogP contribution in [-0.4, -0.2) is 44.2 Å². The number of rotatable bonds is 8. The van der Waals surface area contributed by atoms with Crippen molar-refractivity contribution in [3.05, 3.63) is 23.8 Å². The van der Waals surface area contributed by atoms with E-state index in [-0.39, 0.29) is 12.0 Å². The first kappa shape index (κ1) is 17.3. The number of ether oxygens (including phenoxy) is 1. The van der Waals surface area contributed by atoms with E-state index in [0.29, 0.717) is 11.3 Å². The summed E-state index contributed by atoms with van der Waals surface area (Å²) in [5.41, 5.74) is 8.04. The number of amides is 1. The molecule has 1 aromatic carbocycles. The minimum Gasteiger partial charge on any atom is -0.397 e. The Balaban J connectivity index is 2.47. The monoisotopic (exact) mass is 293 g/mol. The number of unbranched alkanes of at least 4 members (excludes halogenated alkanes) is 1. The molecule has 5 nitrogen and oxygen atoms in total. The van der Waals surface area contributed by atoms with Crippen molar-refractivity contribution in [3.63, 3.8) is 0 Å². The van der Waals surface area contributed by atoms with E-state index in [4.69, 9.17) is 10.5 Å². The van der Waals surface area contributed by atoms with Crippen molar-refractivity contribution in [2.24, 2.45) is 0 Å². The van der Waals surface area contributed by atoms with Crippen LogP contribution in [0.25, 0.3) is 0 Å². The normalized spacial score (nSPS) is 10.7. The predicted octanol–water partition coefficient (Wildman–Crippen LogP) is 2.59. The van der Waals surface area contributed by atoms with Crippen molar-refractivity contribution in [3.8, 4) is 0 Å². The van der Waals surface area contributed by atoms with Crippen LogP contribution in [0.1, 0.15) is 37.0 Å². The Bertz CT molecular complexity index is 459. The van der Waals surface area contributed by atoms with E-state index < -0.39 is 0 Å². The average Bonchev–Trinajstić information content (AvgIpc) is 2.43. The van der Waals surface area contributed by atoms with Crippen molar-refractivity contribution in [1.82, 2.24) is 4.90 Å². The first-order chi connectivity index (χ1) is 9.91. The van der Waals surface area contributed by atoms with Gasteiger partial charge in [-0.2, -0.15) is 0 Å². The van der Waals surface area contributed by atoms with Gasteiger partial charge in [-0.25, -0.2) is 0 Å². The number of nitrogen functional groups attached to an aromatic ring is 1. The highest BCUT2D eigenvalue weighted by Gasteiger charge is 2.09. The van der Waals surface area contributed by atoms with Gasteiger partial charge in [0.05, 0.1) is 17.5 Å². The molecule has 118 valence electrons. The molecule has 1 amide bonds. The smallest absolute Gasteiger partial charge is 0.253 e. The summed E-state index contributed by atoms with van der Waals surface area (Å²) in [6.45, 7) is 5.65. The van der Waals surface area contributed by atoms with Gasteiger partial charge in [-0.05, 0) is 44.9 Å². The average molecular weight is 293 g/mol. The molecule has 0 aliphatic rings. The SMILES string of the molecule is CC(C)OCCCCNc1cc(C(=O)N(C)C)ccc1N. The van der Waals surface area contributed by atoms with Gasteiger partial charge in [0.2, 0.25) is 0 Å². The Morgan fingerprint density at radius 1 is 1.33 bits per heavy atom. The standard InChI is InChI=1S/C16H27N3O2/c1-12(2)21-10-6-5-9-18-15-11-13(7-8-14(15)17)16(20)19(3)4/h7-8,11-12,18H,5-6,9-10,17H2,1-4H3. The zero-order valence-corrected chi connectivity index (χ0v) is 13.5. The van der Waals surface area contributed by atoms with Gasteiger partial charge >= 0.3 is 0 Å². The van der Waals surface area contributed by atoms with Crippen LogP contribution in [0.4, 0.5) is 11.4 Å². The largest absolute Gasteiger partial charge is 0.397 e. The van der Waals surface area contributed by atoms with Crippen LogP contribution in [0.15, 0.2) is 18.2 Å². The van der Waals surface area contributed by atoms with Crippen LogP contribution >= 0.6 is 0 Å². The van der Waals surface area contributed by atoms with Crippen LogP contribution in [0, 0.1) is 0 Å². The fraction of sp³-hybridized carbons (Fsp3) is 0.562.